The smallest absolute Gasteiger partial charge is 0.225 e. The van der Waals surface area contributed by atoms with Crippen LogP contribution >= 0.6 is 0 Å². The van der Waals surface area contributed by atoms with E-state index >= 15 is 0 Å². The highest BCUT2D eigenvalue weighted by molar-refractivity contribution is 5.77. The van der Waals surface area contributed by atoms with E-state index in [2.05, 4.69) is 19.2 Å². The van der Waals surface area contributed by atoms with E-state index in [1.54, 1.807) is 0 Å². The number of hydrogen-bond acceptors (Lipinski definition) is 3. The van der Waals surface area contributed by atoms with Gasteiger partial charge in [-0.2, -0.15) is 0 Å². The Labute approximate surface area is 104 Å². The molecular formula is C13H24N2O2. The molecule has 17 heavy (non-hydrogen) atoms. The zero-order valence-corrected chi connectivity index (χ0v) is 10.9. The molecular weight excluding hydrogens is 216 g/mol. The molecule has 0 radical (unpaired) electrons. The predicted octanol–water partition coefficient (Wildman–Crippen LogP) is 1.01. The minimum Gasteiger partial charge on any atom is -0.375 e. The zero-order chi connectivity index (χ0) is 12.3. The molecule has 0 aromatic carbocycles. The molecule has 2 aliphatic heterocycles. The number of carbonyl (C=O) groups excluding carboxylic acids is 1. The maximum Gasteiger partial charge on any atom is 0.225 e. The lowest BCUT2D eigenvalue weighted by Gasteiger charge is -2.37. The van der Waals surface area contributed by atoms with Crippen LogP contribution in [0.3, 0.4) is 0 Å². The molecule has 1 amide bonds. The Balaban J connectivity index is 1.82. The molecule has 1 N–H and O–H groups in total. The number of morpholine rings is 1. The van der Waals surface area contributed by atoms with Crippen molar-refractivity contribution in [2.75, 3.05) is 26.2 Å². The lowest BCUT2D eigenvalue weighted by molar-refractivity contribution is -0.138. The van der Waals surface area contributed by atoms with E-state index in [0.717, 1.165) is 45.0 Å². The van der Waals surface area contributed by atoms with Crippen LogP contribution in [-0.4, -0.2) is 49.2 Å². The molecule has 0 bridgehead atoms. The SMILES string of the molecule is C[C@@H]1CCN(C(=O)C[C@@H]2CNCCO2)[C@H](C)C1. The van der Waals surface area contributed by atoms with Gasteiger partial charge in [0.2, 0.25) is 5.91 Å². The number of hydrogen-bond donors (Lipinski definition) is 1. The van der Waals surface area contributed by atoms with Gasteiger partial charge in [0.25, 0.3) is 0 Å². The Bertz CT molecular complexity index is 264. The van der Waals surface area contributed by atoms with Crippen molar-refractivity contribution in [3.63, 3.8) is 0 Å². The molecule has 2 fully saturated rings. The molecule has 0 saturated carbocycles. The summed E-state index contributed by atoms with van der Waals surface area (Å²) in [5.41, 5.74) is 0. The van der Waals surface area contributed by atoms with Crippen molar-refractivity contribution in [2.24, 2.45) is 5.92 Å². The molecule has 3 atom stereocenters. The predicted molar refractivity (Wildman–Crippen MR) is 66.8 cm³/mol. The van der Waals surface area contributed by atoms with Gasteiger partial charge in [-0.05, 0) is 25.7 Å². The number of rotatable bonds is 2. The summed E-state index contributed by atoms with van der Waals surface area (Å²) >= 11 is 0. The largest absolute Gasteiger partial charge is 0.375 e. The summed E-state index contributed by atoms with van der Waals surface area (Å²) in [7, 11) is 0. The molecule has 0 spiro atoms. The van der Waals surface area contributed by atoms with E-state index in [4.69, 9.17) is 4.74 Å². The van der Waals surface area contributed by atoms with Crippen LogP contribution in [-0.2, 0) is 9.53 Å². The minimum absolute atomic E-state index is 0.0720. The molecule has 0 aliphatic carbocycles. The molecule has 2 saturated heterocycles. The van der Waals surface area contributed by atoms with Crippen LogP contribution < -0.4 is 5.32 Å². The first kappa shape index (κ1) is 12.8. The fourth-order valence-electron chi connectivity index (χ4n) is 2.84. The van der Waals surface area contributed by atoms with Crippen molar-refractivity contribution in [3.8, 4) is 0 Å². The average molecular weight is 240 g/mol. The summed E-state index contributed by atoms with van der Waals surface area (Å²) < 4.78 is 5.59. The molecule has 2 heterocycles. The Morgan fingerprint density at radius 1 is 1.47 bits per heavy atom. The number of ether oxygens (including phenoxy) is 1. The summed E-state index contributed by atoms with van der Waals surface area (Å²) in [6.07, 6.45) is 2.88. The molecule has 2 aliphatic rings. The standard InChI is InChI=1S/C13H24N2O2/c1-10-3-5-15(11(2)7-10)13(16)8-12-9-14-4-6-17-12/h10-12,14H,3-9H2,1-2H3/t10-,11-,12-/m1/s1. The minimum atomic E-state index is 0.0720. The van der Waals surface area contributed by atoms with Gasteiger partial charge in [0, 0.05) is 25.7 Å². The first-order valence-electron chi connectivity index (χ1n) is 6.78. The topological polar surface area (TPSA) is 41.6 Å². The molecule has 4 heteroatoms. The van der Waals surface area contributed by atoms with E-state index in [0.29, 0.717) is 12.5 Å². The number of amides is 1. The second-order valence-corrected chi connectivity index (χ2v) is 5.47. The van der Waals surface area contributed by atoms with Crippen molar-refractivity contribution >= 4 is 5.91 Å². The third-order valence-corrected chi connectivity index (χ3v) is 3.87. The quantitative estimate of drug-likeness (QED) is 0.783. The number of likely N-dealkylation sites (tertiary alicyclic amines) is 1. The van der Waals surface area contributed by atoms with Gasteiger partial charge in [0.15, 0.2) is 0 Å². The van der Waals surface area contributed by atoms with Crippen molar-refractivity contribution in [3.05, 3.63) is 0 Å². The monoisotopic (exact) mass is 240 g/mol. The fraction of sp³-hybridized carbons (Fsp3) is 0.923. The van der Waals surface area contributed by atoms with Crippen LogP contribution in [0.25, 0.3) is 0 Å². The average Bonchev–Trinajstić information content (AvgIpc) is 2.30. The molecule has 0 aromatic heterocycles. The van der Waals surface area contributed by atoms with E-state index in [9.17, 15) is 4.79 Å². The lowest BCUT2D eigenvalue weighted by Crippen LogP contribution is -2.47. The number of nitrogens with one attached hydrogen (secondary N) is 1. The summed E-state index contributed by atoms with van der Waals surface area (Å²) in [6, 6.07) is 0.391. The summed E-state index contributed by atoms with van der Waals surface area (Å²) in [5, 5.41) is 3.27. The highest BCUT2D eigenvalue weighted by atomic mass is 16.5. The second kappa shape index (κ2) is 5.83. The van der Waals surface area contributed by atoms with Crippen molar-refractivity contribution < 1.29 is 9.53 Å². The fourth-order valence-corrected chi connectivity index (χ4v) is 2.84. The third-order valence-electron chi connectivity index (χ3n) is 3.87. The number of piperidine rings is 1. The van der Waals surface area contributed by atoms with E-state index in [1.165, 1.54) is 0 Å². The molecule has 2 rings (SSSR count). The van der Waals surface area contributed by atoms with E-state index in [1.807, 2.05) is 4.90 Å². The summed E-state index contributed by atoms with van der Waals surface area (Å²) in [4.78, 5) is 14.2. The zero-order valence-electron chi connectivity index (χ0n) is 10.9. The maximum atomic E-state index is 12.2. The lowest BCUT2D eigenvalue weighted by atomic mass is 9.93. The van der Waals surface area contributed by atoms with Crippen LogP contribution in [0.4, 0.5) is 0 Å². The van der Waals surface area contributed by atoms with Gasteiger partial charge in [0.1, 0.15) is 0 Å². The summed E-state index contributed by atoms with van der Waals surface area (Å²) in [5.74, 6) is 1.01. The Morgan fingerprint density at radius 3 is 2.94 bits per heavy atom. The Hall–Kier alpha value is -0.610. The van der Waals surface area contributed by atoms with Crippen LogP contribution in [0.2, 0.25) is 0 Å². The summed E-state index contributed by atoms with van der Waals surface area (Å²) in [6.45, 7) is 7.79. The van der Waals surface area contributed by atoms with Gasteiger partial charge in [0.05, 0.1) is 19.1 Å². The van der Waals surface area contributed by atoms with Crippen molar-refractivity contribution in [1.29, 1.82) is 0 Å². The van der Waals surface area contributed by atoms with Gasteiger partial charge in [-0.25, -0.2) is 0 Å². The number of nitrogens with zero attached hydrogens (tertiary/aromatic N) is 1. The van der Waals surface area contributed by atoms with Crippen LogP contribution in [0, 0.1) is 5.92 Å². The first-order chi connectivity index (χ1) is 8.16. The molecule has 0 unspecified atom stereocenters. The first-order valence-corrected chi connectivity index (χ1v) is 6.78. The van der Waals surface area contributed by atoms with Crippen LogP contribution in [0.5, 0.6) is 0 Å². The third kappa shape index (κ3) is 3.42. The molecule has 4 nitrogen and oxygen atoms in total. The van der Waals surface area contributed by atoms with Crippen molar-refractivity contribution in [1.82, 2.24) is 10.2 Å². The van der Waals surface area contributed by atoms with Crippen LogP contribution in [0.1, 0.15) is 33.1 Å². The Kier molecular flexibility index (Phi) is 4.40. The van der Waals surface area contributed by atoms with Gasteiger partial charge >= 0.3 is 0 Å². The molecule has 0 aromatic rings. The van der Waals surface area contributed by atoms with Gasteiger partial charge in [-0.1, -0.05) is 6.92 Å². The van der Waals surface area contributed by atoms with Crippen molar-refractivity contribution in [2.45, 2.75) is 45.3 Å². The highest BCUT2D eigenvalue weighted by Gasteiger charge is 2.28. The maximum absolute atomic E-state index is 12.2. The normalized spacial score (nSPS) is 34.7. The number of carbonyl (C=O) groups is 1. The second-order valence-electron chi connectivity index (χ2n) is 5.47. The Morgan fingerprint density at radius 2 is 2.29 bits per heavy atom. The highest BCUT2D eigenvalue weighted by Crippen LogP contribution is 2.23. The van der Waals surface area contributed by atoms with E-state index < -0.39 is 0 Å². The van der Waals surface area contributed by atoms with E-state index in [-0.39, 0.29) is 12.0 Å². The van der Waals surface area contributed by atoms with Gasteiger partial charge in [-0.3, -0.25) is 4.79 Å². The molecule has 98 valence electrons. The van der Waals surface area contributed by atoms with Gasteiger partial charge in [-0.15, -0.1) is 0 Å². The van der Waals surface area contributed by atoms with Gasteiger partial charge < -0.3 is 15.0 Å². The van der Waals surface area contributed by atoms with Crippen LogP contribution in [0.15, 0.2) is 0 Å².